The van der Waals surface area contributed by atoms with Crippen molar-refractivity contribution in [1.82, 2.24) is 9.97 Å². The molecule has 29 heavy (non-hydrogen) atoms. The van der Waals surface area contributed by atoms with E-state index >= 15 is 0 Å². The van der Waals surface area contributed by atoms with Crippen molar-refractivity contribution in [1.29, 1.82) is 5.26 Å². The van der Waals surface area contributed by atoms with Gasteiger partial charge in [0.05, 0.1) is 16.5 Å². The first kappa shape index (κ1) is 20.1. The van der Waals surface area contributed by atoms with Crippen molar-refractivity contribution in [2.75, 3.05) is 5.32 Å². The van der Waals surface area contributed by atoms with Crippen LogP contribution in [0, 0.1) is 11.3 Å². The molecule has 8 heteroatoms. The number of pyridine rings is 1. The smallest absolute Gasteiger partial charge is 0.239 e. The molecule has 1 amide bonds. The number of fused-ring (bicyclic) bond motifs is 1. The summed E-state index contributed by atoms with van der Waals surface area (Å²) in [6.45, 7) is 1.82. The number of nitrogens with one attached hydrogen (secondary N) is 1. The fourth-order valence-electron chi connectivity index (χ4n) is 3.14. The first-order chi connectivity index (χ1) is 14.0. The number of aryl methyl sites for hydroxylation is 2. The number of benzene rings is 1. The molecule has 3 aromatic rings. The summed E-state index contributed by atoms with van der Waals surface area (Å²) >= 11 is 6.13. The number of rotatable bonds is 5. The van der Waals surface area contributed by atoms with Crippen LogP contribution in [0.2, 0.25) is 0 Å². The molecule has 146 valence electrons. The molecule has 1 aromatic carbocycles. The van der Waals surface area contributed by atoms with Gasteiger partial charge < -0.3 is 5.32 Å². The van der Waals surface area contributed by atoms with E-state index in [4.69, 9.17) is 0 Å². The Kier molecular flexibility index (Phi) is 5.99. The van der Waals surface area contributed by atoms with E-state index in [1.165, 1.54) is 23.1 Å². The highest BCUT2D eigenvalue weighted by Crippen LogP contribution is 2.31. The lowest BCUT2D eigenvalue weighted by Crippen LogP contribution is -2.22. The Labute approximate surface area is 185 Å². The number of carbonyl (C=O) groups excluding carboxylic acids is 1. The molecule has 0 saturated heterocycles. The Bertz CT molecular complexity index is 1100. The van der Waals surface area contributed by atoms with Crippen LogP contribution >= 0.6 is 39.0 Å². The van der Waals surface area contributed by atoms with E-state index in [1.54, 1.807) is 0 Å². The maximum absolute atomic E-state index is 12.7. The fourth-order valence-corrected chi connectivity index (χ4v) is 5.02. The zero-order valence-corrected chi connectivity index (χ0v) is 18.8. The first-order valence-electron chi connectivity index (χ1n) is 9.15. The summed E-state index contributed by atoms with van der Waals surface area (Å²) in [5, 5.41) is 15.0. The number of hydrogen-bond donors (Lipinski definition) is 1. The van der Waals surface area contributed by atoms with Gasteiger partial charge in [0.1, 0.15) is 11.1 Å². The van der Waals surface area contributed by atoms with Crippen LogP contribution in [0.3, 0.4) is 0 Å². The van der Waals surface area contributed by atoms with Crippen LogP contribution in [0.1, 0.15) is 30.2 Å². The predicted molar refractivity (Wildman–Crippen MR) is 120 cm³/mol. The number of nitriles is 1. The number of hydrogen-bond acceptors (Lipinski definition) is 6. The van der Waals surface area contributed by atoms with E-state index in [0.717, 1.165) is 46.2 Å². The molecule has 2 heterocycles. The highest BCUT2D eigenvalue weighted by atomic mass is 79.9. The van der Waals surface area contributed by atoms with E-state index in [1.807, 2.05) is 42.6 Å². The van der Waals surface area contributed by atoms with Gasteiger partial charge in [-0.1, -0.05) is 39.8 Å². The Morgan fingerprint density at radius 1 is 1.31 bits per heavy atom. The summed E-state index contributed by atoms with van der Waals surface area (Å²) in [5.41, 5.74) is 4.57. The Morgan fingerprint density at radius 3 is 2.86 bits per heavy atom. The lowest BCUT2D eigenvalue weighted by atomic mass is 10.2. The Hall–Kier alpha value is -2.21. The van der Waals surface area contributed by atoms with Crippen LogP contribution in [0.15, 0.2) is 45.2 Å². The molecule has 1 aliphatic carbocycles. The number of aromatic nitrogens is 2. The summed E-state index contributed by atoms with van der Waals surface area (Å²) in [6, 6.07) is 12.0. The second kappa shape index (κ2) is 8.66. The van der Waals surface area contributed by atoms with E-state index in [9.17, 15) is 10.1 Å². The molecule has 0 spiro atoms. The number of thiazole rings is 1. The van der Waals surface area contributed by atoms with Gasteiger partial charge in [-0.25, -0.2) is 9.97 Å². The van der Waals surface area contributed by atoms with Gasteiger partial charge in [0, 0.05) is 21.1 Å². The lowest BCUT2D eigenvalue weighted by molar-refractivity contribution is -0.115. The molecule has 1 unspecified atom stereocenters. The third-order valence-electron chi connectivity index (χ3n) is 4.67. The maximum atomic E-state index is 12.7. The normalized spacial score (nSPS) is 13.6. The third-order valence-corrected chi connectivity index (χ3v) is 7.06. The van der Waals surface area contributed by atoms with Crippen molar-refractivity contribution >= 4 is 50.1 Å². The quantitative estimate of drug-likeness (QED) is 0.487. The monoisotopic (exact) mass is 484 g/mol. The molecule has 0 fully saturated rings. The van der Waals surface area contributed by atoms with Crippen LogP contribution < -0.4 is 5.32 Å². The molecule has 2 aromatic heterocycles. The van der Waals surface area contributed by atoms with Gasteiger partial charge in [-0.05, 0) is 49.9 Å². The summed E-state index contributed by atoms with van der Waals surface area (Å²) in [5.74, 6) is -0.155. The van der Waals surface area contributed by atoms with Crippen molar-refractivity contribution in [2.24, 2.45) is 0 Å². The molecular formula is C21H17BrN4OS2. The summed E-state index contributed by atoms with van der Waals surface area (Å²) in [4.78, 5) is 21.8. The minimum absolute atomic E-state index is 0.155. The largest absolute Gasteiger partial charge is 0.301 e. The fraction of sp³-hybridized carbons (Fsp3) is 0.238. The molecule has 0 aliphatic heterocycles. The second-order valence-electron chi connectivity index (χ2n) is 6.71. The zero-order chi connectivity index (χ0) is 20.4. The highest BCUT2D eigenvalue weighted by Gasteiger charge is 2.22. The molecule has 5 nitrogen and oxygen atoms in total. The minimum atomic E-state index is -0.394. The van der Waals surface area contributed by atoms with Crippen molar-refractivity contribution in [2.45, 2.75) is 36.5 Å². The van der Waals surface area contributed by atoms with Crippen LogP contribution in [0.5, 0.6) is 0 Å². The van der Waals surface area contributed by atoms with E-state index in [0.29, 0.717) is 15.7 Å². The number of amides is 1. The molecule has 0 radical (unpaired) electrons. The Balaban J connectivity index is 1.44. The van der Waals surface area contributed by atoms with E-state index in [-0.39, 0.29) is 5.91 Å². The first-order valence-corrected chi connectivity index (χ1v) is 11.7. The van der Waals surface area contributed by atoms with E-state index < -0.39 is 5.25 Å². The topological polar surface area (TPSA) is 78.7 Å². The Morgan fingerprint density at radius 2 is 2.10 bits per heavy atom. The van der Waals surface area contributed by atoms with Crippen molar-refractivity contribution in [3.8, 4) is 17.3 Å². The van der Waals surface area contributed by atoms with Gasteiger partial charge >= 0.3 is 0 Å². The van der Waals surface area contributed by atoms with Gasteiger partial charge in [0.2, 0.25) is 5.91 Å². The maximum Gasteiger partial charge on any atom is 0.239 e. The zero-order valence-electron chi connectivity index (χ0n) is 15.6. The van der Waals surface area contributed by atoms with Crippen molar-refractivity contribution in [3.05, 3.63) is 57.0 Å². The molecule has 0 bridgehead atoms. The van der Waals surface area contributed by atoms with Gasteiger partial charge in [-0.3, -0.25) is 4.79 Å². The summed E-state index contributed by atoms with van der Waals surface area (Å²) in [7, 11) is 0. The lowest BCUT2D eigenvalue weighted by Gasteiger charge is -2.12. The van der Waals surface area contributed by atoms with Crippen molar-refractivity contribution in [3.63, 3.8) is 0 Å². The number of anilines is 1. The number of thioether (sulfide) groups is 1. The van der Waals surface area contributed by atoms with Gasteiger partial charge in [0.25, 0.3) is 0 Å². The van der Waals surface area contributed by atoms with Crippen molar-refractivity contribution < 1.29 is 4.79 Å². The second-order valence-corrected chi connectivity index (χ2v) is 9.81. The molecule has 1 N–H and O–H groups in total. The van der Waals surface area contributed by atoms with Gasteiger partial charge in [0.15, 0.2) is 5.13 Å². The average Bonchev–Trinajstić information content (AvgIpc) is 3.36. The van der Waals surface area contributed by atoms with Gasteiger partial charge in [-0.15, -0.1) is 11.3 Å². The van der Waals surface area contributed by atoms with E-state index in [2.05, 4.69) is 37.3 Å². The van der Waals surface area contributed by atoms with Gasteiger partial charge in [-0.2, -0.15) is 5.26 Å². The van der Waals surface area contributed by atoms with Crippen LogP contribution in [-0.4, -0.2) is 21.1 Å². The minimum Gasteiger partial charge on any atom is -0.301 e. The number of nitrogens with zero attached hydrogens (tertiary/aromatic N) is 3. The van der Waals surface area contributed by atoms with Crippen LogP contribution in [0.4, 0.5) is 5.13 Å². The number of halogens is 1. The summed E-state index contributed by atoms with van der Waals surface area (Å²) < 4.78 is 1.01. The molecule has 4 rings (SSSR count). The predicted octanol–water partition coefficient (Wildman–Crippen LogP) is 5.45. The standard InChI is InChI=1S/C21H17BrN4OS2/c1-12(29-20-15(10-23)9-14-3-2-4-17(14)24-20)19(27)26-21-25-18(11-28-21)13-5-7-16(22)8-6-13/h5-9,11-12H,2-4H2,1H3,(H,25,26,27). The molecule has 0 saturated carbocycles. The average molecular weight is 485 g/mol. The molecular weight excluding hydrogens is 468 g/mol. The molecule has 1 atom stereocenters. The summed E-state index contributed by atoms with van der Waals surface area (Å²) in [6.07, 6.45) is 2.98. The SMILES string of the molecule is CC(Sc1nc2c(cc1C#N)CCC2)C(=O)Nc1nc(-c2ccc(Br)cc2)cs1. The van der Waals surface area contributed by atoms with Crippen LogP contribution in [-0.2, 0) is 17.6 Å². The third kappa shape index (κ3) is 4.53. The molecule has 1 aliphatic rings. The highest BCUT2D eigenvalue weighted by molar-refractivity contribution is 9.10. The van der Waals surface area contributed by atoms with Crippen LogP contribution in [0.25, 0.3) is 11.3 Å². The number of carbonyl (C=O) groups is 1.